The summed E-state index contributed by atoms with van der Waals surface area (Å²) in [6, 6.07) is 20.0. The normalized spacial score (nSPS) is 11.2. The molecule has 1 amide bonds. The molecule has 3 aromatic carbocycles. The Bertz CT molecular complexity index is 1240. The molecule has 0 aliphatic heterocycles. The Balaban J connectivity index is 1.55. The molecule has 0 atom stereocenters. The number of aryl methyl sites for hydroxylation is 2. The van der Waals surface area contributed by atoms with Crippen molar-refractivity contribution >= 4 is 33.2 Å². The van der Waals surface area contributed by atoms with Gasteiger partial charge in [-0.2, -0.15) is 0 Å². The van der Waals surface area contributed by atoms with E-state index in [0.29, 0.717) is 29.4 Å². The molecule has 0 radical (unpaired) electrons. The van der Waals surface area contributed by atoms with Crippen LogP contribution in [-0.4, -0.2) is 33.7 Å². The maximum absolute atomic E-state index is 12.5. The Labute approximate surface area is 212 Å². The average molecular weight is 515 g/mol. The summed E-state index contributed by atoms with van der Waals surface area (Å²) in [7, 11) is -3.53. The Kier molecular flexibility index (Phi) is 9.18. The fourth-order valence-electron chi connectivity index (χ4n) is 3.54. The Morgan fingerprint density at radius 3 is 2.26 bits per heavy atom. The van der Waals surface area contributed by atoms with Crippen molar-refractivity contribution < 1.29 is 17.9 Å². The highest BCUT2D eigenvalue weighted by Crippen LogP contribution is 2.26. The lowest BCUT2D eigenvalue weighted by atomic mass is 10.1. The highest BCUT2D eigenvalue weighted by molar-refractivity contribution is 7.92. The molecular formula is C27H31ClN2O4S. The SMILES string of the molecule is CCCc1ccc(OCCNC(=O)c2ccc(CN(c3ccc(C)c(Cl)c3)S(C)(=O)=O)cc2)cc1. The second-order valence-corrected chi connectivity index (χ2v) is 10.7. The minimum Gasteiger partial charge on any atom is -0.492 e. The van der Waals surface area contributed by atoms with E-state index in [1.807, 2.05) is 19.1 Å². The molecular weight excluding hydrogens is 484 g/mol. The molecule has 3 aromatic rings. The number of anilines is 1. The first-order chi connectivity index (χ1) is 16.7. The van der Waals surface area contributed by atoms with Crippen molar-refractivity contribution in [2.75, 3.05) is 23.7 Å². The minimum absolute atomic E-state index is 0.130. The first-order valence-electron chi connectivity index (χ1n) is 11.5. The molecule has 0 saturated carbocycles. The third-order valence-corrected chi connectivity index (χ3v) is 7.05. The predicted molar refractivity (Wildman–Crippen MR) is 142 cm³/mol. The second kappa shape index (κ2) is 12.1. The zero-order valence-corrected chi connectivity index (χ0v) is 21.8. The summed E-state index contributed by atoms with van der Waals surface area (Å²) in [5, 5.41) is 3.34. The van der Waals surface area contributed by atoms with Gasteiger partial charge in [-0.3, -0.25) is 9.10 Å². The number of nitrogens with one attached hydrogen (secondary N) is 1. The monoisotopic (exact) mass is 514 g/mol. The van der Waals surface area contributed by atoms with Crippen LogP contribution in [0.2, 0.25) is 5.02 Å². The quantitative estimate of drug-likeness (QED) is 0.349. The number of halogens is 1. The third kappa shape index (κ3) is 7.73. The summed E-state index contributed by atoms with van der Waals surface area (Å²) in [6.07, 6.45) is 3.30. The third-order valence-electron chi connectivity index (χ3n) is 5.50. The molecule has 0 spiro atoms. The molecule has 0 heterocycles. The fourth-order valence-corrected chi connectivity index (χ4v) is 4.60. The number of ether oxygens (including phenoxy) is 1. The molecule has 0 saturated heterocycles. The Morgan fingerprint density at radius 1 is 1.00 bits per heavy atom. The molecule has 186 valence electrons. The number of nitrogens with zero attached hydrogens (tertiary/aromatic N) is 1. The minimum atomic E-state index is -3.53. The topological polar surface area (TPSA) is 75.7 Å². The van der Waals surface area contributed by atoms with E-state index in [1.54, 1.807) is 42.5 Å². The molecule has 0 aromatic heterocycles. The first-order valence-corrected chi connectivity index (χ1v) is 13.7. The van der Waals surface area contributed by atoms with E-state index in [4.69, 9.17) is 16.3 Å². The van der Waals surface area contributed by atoms with Gasteiger partial charge in [0, 0.05) is 10.6 Å². The van der Waals surface area contributed by atoms with Crippen LogP contribution in [0.1, 0.15) is 40.4 Å². The number of carbonyl (C=O) groups excluding carboxylic acids is 1. The van der Waals surface area contributed by atoms with E-state index in [9.17, 15) is 13.2 Å². The van der Waals surface area contributed by atoms with E-state index in [1.165, 1.54) is 9.87 Å². The lowest BCUT2D eigenvalue weighted by Crippen LogP contribution is -2.29. The van der Waals surface area contributed by atoms with Gasteiger partial charge in [0.1, 0.15) is 12.4 Å². The highest BCUT2D eigenvalue weighted by atomic mass is 35.5. The molecule has 6 nitrogen and oxygen atoms in total. The highest BCUT2D eigenvalue weighted by Gasteiger charge is 2.19. The van der Waals surface area contributed by atoms with Crippen molar-refractivity contribution in [3.05, 3.63) is 94.0 Å². The lowest BCUT2D eigenvalue weighted by molar-refractivity contribution is 0.0947. The standard InChI is InChI=1S/C27H31ClN2O4S/c1-4-5-21-9-14-25(15-10-21)34-17-16-29-27(31)23-11-7-22(8-12-23)19-30(35(3,32)33)24-13-6-20(2)26(28)18-24/h6-15,18H,4-5,16-17,19H2,1-3H3,(H,29,31). The fraction of sp³-hybridized carbons (Fsp3) is 0.296. The van der Waals surface area contributed by atoms with Crippen LogP contribution in [0.5, 0.6) is 5.75 Å². The van der Waals surface area contributed by atoms with Crippen molar-refractivity contribution in [3.63, 3.8) is 0 Å². The van der Waals surface area contributed by atoms with Gasteiger partial charge in [0.05, 0.1) is 25.0 Å². The van der Waals surface area contributed by atoms with Crippen LogP contribution in [0, 0.1) is 6.92 Å². The average Bonchev–Trinajstić information content (AvgIpc) is 2.83. The number of hydrogen-bond acceptors (Lipinski definition) is 4. The van der Waals surface area contributed by atoms with E-state index >= 15 is 0 Å². The largest absolute Gasteiger partial charge is 0.492 e. The van der Waals surface area contributed by atoms with Gasteiger partial charge >= 0.3 is 0 Å². The summed E-state index contributed by atoms with van der Waals surface area (Å²) in [4.78, 5) is 12.5. The van der Waals surface area contributed by atoms with Crippen LogP contribution < -0.4 is 14.4 Å². The van der Waals surface area contributed by atoms with Crippen molar-refractivity contribution in [3.8, 4) is 5.75 Å². The smallest absolute Gasteiger partial charge is 0.251 e. The molecule has 0 unspecified atom stereocenters. The van der Waals surface area contributed by atoms with Gasteiger partial charge in [0.15, 0.2) is 0 Å². The molecule has 0 aliphatic rings. The molecule has 8 heteroatoms. The summed E-state index contributed by atoms with van der Waals surface area (Å²) >= 11 is 6.20. The number of benzene rings is 3. The van der Waals surface area contributed by atoms with Gasteiger partial charge < -0.3 is 10.1 Å². The van der Waals surface area contributed by atoms with Gasteiger partial charge in [-0.05, 0) is 66.4 Å². The zero-order valence-electron chi connectivity index (χ0n) is 20.3. The van der Waals surface area contributed by atoms with E-state index in [2.05, 4.69) is 24.4 Å². The van der Waals surface area contributed by atoms with Crippen LogP contribution in [-0.2, 0) is 23.0 Å². The number of sulfonamides is 1. The summed E-state index contributed by atoms with van der Waals surface area (Å²) < 4.78 is 31.8. The Morgan fingerprint density at radius 2 is 1.66 bits per heavy atom. The van der Waals surface area contributed by atoms with Gasteiger partial charge in [-0.1, -0.05) is 55.3 Å². The van der Waals surface area contributed by atoms with Crippen LogP contribution >= 0.6 is 11.6 Å². The van der Waals surface area contributed by atoms with Crippen molar-refractivity contribution in [2.45, 2.75) is 33.2 Å². The van der Waals surface area contributed by atoms with E-state index < -0.39 is 10.0 Å². The molecule has 0 fully saturated rings. The van der Waals surface area contributed by atoms with Gasteiger partial charge in [-0.25, -0.2) is 8.42 Å². The maximum Gasteiger partial charge on any atom is 0.251 e. The Hall–Kier alpha value is -3.03. The summed E-state index contributed by atoms with van der Waals surface area (Å²) in [6.45, 7) is 4.86. The van der Waals surface area contributed by atoms with Gasteiger partial charge in [0.2, 0.25) is 10.0 Å². The molecule has 3 rings (SSSR count). The molecule has 35 heavy (non-hydrogen) atoms. The lowest BCUT2D eigenvalue weighted by Gasteiger charge is -2.23. The van der Waals surface area contributed by atoms with E-state index in [0.717, 1.165) is 36.0 Å². The number of rotatable bonds is 11. The maximum atomic E-state index is 12.5. The van der Waals surface area contributed by atoms with Crippen molar-refractivity contribution in [1.29, 1.82) is 0 Å². The van der Waals surface area contributed by atoms with Crippen LogP contribution in [0.25, 0.3) is 0 Å². The van der Waals surface area contributed by atoms with E-state index in [-0.39, 0.29) is 12.5 Å². The van der Waals surface area contributed by atoms with Crippen molar-refractivity contribution in [2.24, 2.45) is 0 Å². The predicted octanol–water partition coefficient (Wildman–Crippen LogP) is 5.38. The zero-order chi connectivity index (χ0) is 25.4. The van der Waals surface area contributed by atoms with Gasteiger partial charge in [0.25, 0.3) is 5.91 Å². The van der Waals surface area contributed by atoms with Crippen molar-refractivity contribution in [1.82, 2.24) is 5.32 Å². The second-order valence-electron chi connectivity index (χ2n) is 8.40. The van der Waals surface area contributed by atoms with Crippen LogP contribution in [0.4, 0.5) is 5.69 Å². The van der Waals surface area contributed by atoms with Crippen LogP contribution in [0.3, 0.4) is 0 Å². The number of hydrogen-bond donors (Lipinski definition) is 1. The summed E-state index contributed by atoms with van der Waals surface area (Å²) in [5.74, 6) is 0.553. The van der Waals surface area contributed by atoms with Crippen LogP contribution in [0.15, 0.2) is 66.7 Å². The number of carbonyl (C=O) groups is 1. The molecule has 0 bridgehead atoms. The molecule has 1 N–H and O–H groups in total. The molecule has 0 aliphatic carbocycles. The van der Waals surface area contributed by atoms with Gasteiger partial charge in [-0.15, -0.1) is 0 Å². The number of amides is 1. The first kappa shape index (κ1) is 26.6. The summed E-state index contributed by atoms with van der Waals surface area (Å²) in [5.41, 5.74) is 3.87.